The zero-order valence-electron chi connectivity index (χ0n) is 18.7. The number of hydrogen-bond acceptors (Lipinski definition) is 4. The molecule has 2 saturated heterocycles. The monoisotopic (exact) mass is 483 g/mol. The number of H-pyrrole nitrogens is 1. The van der Waals surface area contributed by atoms with Crippen molar-refractivity contribution in [1.82, 2.24) is 14.2 Å². The van der Waals surface area contributed by atoms with Gasteiger partial charge in [0.1, 0.15) is 17.3 Å². The van der Waals surface area contributed by atoms with Crippen molar-refractivity contribution in [1.29, 1.82) is 0 Å². The number of carbonyl (C=O) groups is 1. The molecule has 34 heavy (non-hydrogen) atoms. The fourth-order valence-corrected chi connectivity index (χ4v) is 6.65. The third-order valence-electron chi connectivity index (χ3n) is 7.34. The molecule has 1 aromatic heterocycles. The smallest absolute Gasteiger partial charge is 0.248 e. The highest BCUT2D eigenvalue weighted by molar-refractivity contribution is 7.89. The van der Waals surface area contributed by atoms with Gasteiger partial charge in [-0.3, -0.25) is 4.79 Å². The Kier molecular flexibility index (Phi) is 5.05. The van der Waals surface area contributed by atoms with Crippen LogP contribution in [0.2, 0.25) is 0 Å². The van der Waals surface area contributed by atoms with Crippen LogP contribution in [0.25, 0.3) is 22.0 Å². The van der Waals surface area contributed by atoms with Gasteiger partial charge in [0.15, 0.2) is 0 Å². The second-order valence-electron chi connectivity index (χ2n) is 9.55. The number of rotatable bonds is 4. The maximum atomic E-state index is 15.1. The number of morpholine rings is 1. The molecule has 1 spiro atoms. The van der Waals surface area contributed by atoms with E-state index in [4.69, 9.17) is 4.74 Å². The maximum absolute atomic E-state index is 15.1. The number of hydrogen-bond donors (Lipinski definition) is 1. The maximum Gasteiger partial charge on any atom is 0.248 e. The third-order valence-corrected chi connectivity index (χ3v) is 9.27. The van der Waals surface area contributed by atoms with Crippen LogP contribution in [0.15, 0.2) is 53.6 Å². The summed E-state index contributed by atoms with van der Waals surface area (Å²) in [7, 11) is -3.98. The van der Waals surface area contributed by atoms with Crippen LogP contribution in [-0.2, 0) is 19.6 Å². The zero-order valence-corrected chi connectivity index (χ0v) is 19.5. The molecule has 2 aromatic carbocycles. The largest absolute Gasteiger partial charge is 0.363 e. The van der Waals surface area contributed by atoms with Crippen molar-refractivity contribution in [3.8, 4) is 11.1 Å². The number of amides is 1. The van der Waals surface area contributed by atoms with E-state index in [1.54, 1.807) is 6.07 Å². The van der Waals surface area contributed by atoms with Gasteiger partial charge in [-0.2, -0.15) is 4.31 Å². The topological polar surface area (TPSA) is 82.7 Å². The lowest BCUT2D eigenvalue weighted by Gasteiger charge is -2.46. The molecular weight excluding hydrogens is 457 g/mol. The summed E-state index contributed by atoms with van der Waals surface area (Å²) in [6.45, 7) is 1.04. The molecule has 2 aliphatic heterocycles. The van der Waals surface area contributed by atoms with Gasteiger partial charge in [-0.15, -0.1) is 0 Å². The summed E-state index contributed by atoms with van der Waals surface area (Å²) >= 11 is 0. The predicted octanol–water partition coefficient (Wildman–Crippen LogP) is 3.52. The minimum atomic E-state index is -3.98. The number of nitrogens with zero attached hydrogens (tertiary/aromatic N) is 2. The van der Waals surface area contributed by atoms with Crippen molar-refractivity contribution >= 4 is 26.8 Å². The first-order valence-corrected chi connectivity index (χ1v) is 13.1. The van der Waals surface area contributed by atoms with Crippen molar-refractivity contribution < 1.29 is 22.3 Å². The molecular formula is C25H26FN3O4S. The average Bonchev–Trinajstić information content (AvgIpc) is 3.57. The quantitative estimate of drug-likeness (QED) is 0.616. The van der Waals surface area contributed by atoms with Crippen LogP contribution in [0, 0.1) is 5.82 Å². The van der Waals surface area contributed by atoms with Crippen LogP contribution in [-0.4, -0.2) is 66.4 Å². The van der Waals surface area contributed by atoms with Crippen LogP contribution >= 0.6 is 0 Å². The molecule has 1 amide bonds. The number of fused-ring (bicyclic) bond motifs is 1. The highest BCUT2D eigenvalue weighted by Gasteiger charge is 2.47. The molecule has 1 aliphatic carbocycles. The van der Waals surface area contributed by atoms with Crippen molar-refractivity contribution in [2.75, 3.05) is 26.2 Å². The van der Waals surface area contributed by atoms with Crippen molar-refractivity contribution in [3.63, 3.8) is 0 Å². The first-order valence-electron chi connectivity index (χ1n) is 11.7. The van der Waals surface area contributed by atoms with Gasteiger partial charge in [0.25, 0.3) is 0 Å². The lowest BCUT2D eigenvalue weighted by Crippen LogP contribution is -2.59. The molecule has 3 heterocycles. The lowest BCUT2D eigenvalue weighted by atomic mass is 9.90. The molecule has 9 heteroatoms. The molecule has 6 rings (SSSR count). The number of piperidine rings is 1. The van der Waals surface area contributed by atoms with Gasteiger partial charge in [-0.25, -0.2) is 12.8 Å². The summed E-state index contributed by atoms with van der Waals surface area (Å²) in [6.07, 6.45) is 4.86. The number of ether oxygens (including phenoxy) is 1. The molecule has 0 atom stereocenters. The van der Waals surface area contributed by atoms with Crippen LogP contribution in [0.1, 0.15) is 25.7 Å². The summed E-state index contributed by atoms with van der Waals surface area (Å²) in [5.41, 5.74) is 1.91. The Morgan fingerprint density at radius 1 is 1.03 bits per heavy atom. The van der Waals surface area contributed by atoms with E-state index >= 15 is 4.39 Å². The standard InChI is InChI=1S/C25H26FN3O4S/c26-21-14-18(17-1-5-22-19(13-17)7-10-27-22)2-6-23(21)34(31,32)28-11-8-25(9-12-28)16-29(20-3-4-20)24(30)15-33-25/h1-2,5-7,10,13-14,20,27H,3-4,8-9,11-12,15-16H2. The summed E-state index contributed by atoms with van der Waals surface area (Å²) < 4.78 is 48.9. The molecule has 178 valence electrons. The van der Waals surface area contributed by atoms with Crippen LogP contribution < -0.4 is 0 Å². The Balaban J connectivity index is 1.20. The normalized spacial score (nSPS) is 21.4. The molecule has 1 saturated carbocycles. The van der Waals surface area contributed by atoms with Gasteiger partial charge >= 0.3 is 0 Å². The van der Waals surface area contributed by atoms with Crippen molar-refractivity contribution in [3.05, 3.63) is 54.5 Å². The van der Waals surface area contributed by atoms with Gasteiger partial charge < -0.3 is 14.6 Å². The van der Waals surface area contributed by atoms with Gasteiger partial charge in [0, 0.05) is 30.8 Å². The molecule has 3 aromatic rings. The third kappa shape index (κ3) is 3.72. The highest BCUT2D eigenvalue weighted by Crippen LogP contribution is 2.37. The lowest BCUT2D eigenvalue weighted by molar-refractivity contribution is -0.170. The number of aromatic amines is 1. The number of aromatic nitrogens is 1. The van der Waals surface area contributed by atoms with Crippen LogP contribution in [0.5, 0.6) is 0 Å². The van der Waals surface area contributed by atoms with E-state index < -0.39 is 21.4 Å². The van der Waals surface area contributed by atoms with Crippen molar-refractivity contribution in [2.24, 2.45) is 0 Å². The zero-order chi connectivity index (χ0) is 23.5. The Morgan fingerprint density at radius 3 is 2.50 bits per heavy atom. The molecule has 7 nitrogen and oxygen atoms in total. The Hall–Kier alpha value is -2.75. The highest BCUT2D eigenvalue weighted by atomic mass is 32.2. The fourth-order valence-electron chi connectivity index (χ4n) is 5.16. The number of carbonyl (C=O) groups excluding carboxylic acids is 1. The summed E-state index contributed by atoms with van der Waals surface area (Å²) in [6, 6.07) is 12.3. The molecule has 1 N–H and O–H groups in total. The fraction of sp³-hybridized carbons (Fsp3) is 0.400. The van der Waals surface area contributed by atoms with E-state index in [-0.39, 0.29) is 30.5 Å². The predicted molar refractivity (Wildman–Crippen MR) is 125 cm³/mol. The van der Waals surface area contributed by atoms with E-state index in [9.17, 15) is 13.2 Å². The number of halogens is 1. The number of sulfonamides is 1. The van der Waals surface area contributed by atoms with Crippen LogP contribution in [0.3, 0.4) is 0 Å². The Bertz CT molecular complexity index is 1370. The minimum Gasteiger partial charge on any atom is -0.363 e. The van der Waals surface area contributed by atoms with E-state index in [0.29, 0.717) is 31.0 Å². The van der Waals surface area contributed by atoms with E-state index in [1.807, 2.05) is 35.4 Å². The Morgan fingerprint density at radius 2 is 1.76 bits per heavy atom. The summed E-state index contributed by atoms with van der Waals surface area (Å²) in [4.78, 5) is 16.9. The number of benzene rings is 2. The van der Waals surface area contributed by atoms with E-state index in [1.165, 1.54) is 16.4 Å². The number of nitrogens with one attached hydrogen (secondary N) is 1. The minimum absolute atomic E-state index is 0.0148. The molecule has 3 fully saturated rings. The average molecular weight is 484 g/mol. The first kappa shape index (κ1) is 21.8. The molecule has 0 radical (unpaired) electrons. The van der Waals surface area contributed by atoms with Crippen molar-refractivity contribution in [2.45, 2.75) is 42.2 Å². The van der Waals surface area contributed by atoms with Gasteiger partial charge in [-0.05, 0) is 72.5 Å². The molecule has 0 bridgehead atoms. The van der Waals surface area contributed by atoms with Gasteiger partial charge in [0.2, 0.25) is 15.9 Å². The second-order valence-corrected chi connectivity index (χ2v) is 11.5. The van der Waals surface area contributed by atoms with E-state index in [0.717, 1.165) is 29.3 Å². The molecule has 0 unspecified atom stereocenters. The van der Waals surface area contributed by atoms with Crippen LogP contribution in [0.4, 0.5) is 4.39 Å². The SMILES string of the molecule is O=C1COC2(CCN(S(=O)(=O)c3ccc(-c4ccc5[nH]ccc5c4)cc3F)CC2)CN1C1CC1. The summed E-state index contributed by atoms with van der Waals surface area (Å²) in [5.74, 6) is -0.743. The summed E-state index contributed by atoms with van der Waals surface area (Å²) in [5, 5.41) is 1.00. The Labute approximate surface area is 197 Å². The molecule has 3 aliphatic rings. The van der Waals surface area contributed by atoms with E-state index in [2.05, 4.69) is 4.98 Å². The van der Waals surface area contributed by atoms with Gasteiger partial charge in [0.05, 0.1) is 12.1 Å². The first-order chi connectivity index (χ1) is 16.3. The second kappa shape index (κ2) is 7.90. The van der Waals surface area contributed by atoms with Gasteiger partial charge in [-0.1, -0.05) is 12.1 Å².